The molecule has 1 heterocycles. The average Bonchev–Trinajstić information content (AvgIpc) is 2.60. The van der Waals surface area contributed by atoms with Gasteiger partial charge in [0.2, 0.25) is 0 Å². The third-order valence-corrected chi connectivity index (χ3v) is 4.54. The minimum atomic E-state index is -2.74. The van der Waals surface area contributed by atoms with Gasteiger partial charge in [-0.15, -0.1) is 0 Å². The number of carbonyl (C=O) groups excluding carboxylic acids is 1. The van der Waals surface area contributed by atoms with E-state index in [0.29, 0.717) is 27.8 Å². The zero-order valence-electron chi connectivity index (χ0n) is 15.7. The first-order chi connectivity index (χ1) is 12.7. The van der Waals surface area contributed by atoms with Gasteiger partial charge >= 0.3 is 5.97 Å². The normalized spacial score (nSPS) is 11.6. The maximum Gasteiger partial charge on any atom is 0.339 e. The lowest BCUT2D eigenvalue weighted by Gasteiger charge is -2.25. The molecule has 7 heteroatoms. The van der Waals surface area contributed by atoms with Crippen LogP contribution in [0.15, 0.2) is 34.9 Å². The fraction of sp³-hybridized carbons (Fsp3) is 0.400. The lowest BCUT2D eigenvalue weighted by atomic mass is 9.98. The van der Waals surface area contributed by atoms with Crippen LogP contribution in [-0.4, -0.2) is 23.7 Å². The Morgan fingerprint density at radius 3 is 2.56 bits per heavy atom. The molecule has 0 aliphatic heterocycles. The van der Waals surface area contributed by atoms with Crippen molar-refractivity contribution in [3.05, 3.63) is 46.2 Å². The first-order valence-corrected chi connectivity index (χ1v) is 9.33. The van der Waals surface area contributed by atoms with Gasteiger partial charge in [-0.1, -0.05) is 29.3 Å². The van der Waals surface area contributed by atoms with Crippen molar-refractivity contribution in [1.29, 1.82) is 0 Å². The molecule has 1 aromatic heterocycles. The second kappa shape index (κ2) is 8.78. The van der Waals surface area contributed by atoms with Crippen LogP contribution in [0.2, 0.25) is 0 Å². The van der Waals surface area contributed by atoms with Gasteiger partial charge in [-0.3, -0.25) is 4.98 Å². The van der Waals surface area contributed by atoms with E-state index in [2.05, 4.69) is 20.9 Å². The van der Waals surface area contributed by atoms with Crippen LogP contribution in [0.4, 0.5) is 8.78 Å². The molecule has 0 atom stereocenters. The van der Waals surface area contributed by atoms with E-state index in [-0.39, 0.29) is 5.56 Å². The summed E-state index contributed by atoms with van der Waals surface area (Å²) in [6.45, 7) is 5.69. The lowest BCUT2D eigenvalue weighted by Crippen LogP contribution is -2.28. The SMILES string of the molecule is CCCC(C)(C)OC(=O)c1ccc(Br)cc1-c1cc(C(F)F)ncc1OC. The van der Waals surface area contributed by atoms with Crippen LogP contribution in [0.25, 0.3) is 11.1 Å². The Balaban J connectivity index is 2.57. The minimum absolute atomic E-state index is 0.270. The van der Waals surface area contributed by atoms with Crippen LogP contribution in [0.5, 0.6) is 5.75 Å². The maximum atomic E-state index is 13.1. The quantitative estimate of drug-likeness (QED) is 0.480. The number of aromatic nitrogens is 1. The van der Waals surface area contributed by atoms with Gasteiger partial charge in [0, 0.05) is 15.6 Å². The first-order valence-electron chi connectivity index (χ1n) is 8.54. The molecular formula is C20H22BrF2NO3. The Kier molecular flexibility index (Phi) is 6.92. The molecule has 0 spiro atoms. The summed E-state index contributed by atoms with van der Waals surface area (Å²) in [5, 5.41) is 0. The van der Waals surface area contributed by atoms with Gasteiger partial charge < -0.3 is 9.47 Å². The molecule has 1 aromatic carbocycles. The van der Waals surface area contributed by atoms with Gasteiger partial charge in [-0.2, -0.15) is 0 Å². The predicted molar refractivity (Wildman–Crippen MR) is 103 cm³/mol. The molecule has 0 fully saturated rings. The molecule has 2 rings (SSSR count). The Bertz CT molecular complexity index is 825. The van der Waals surface area contributed by atoms with Gasteiger partial charge in [0.1, 0.15) is 17.0 Å². The summed E-state index contributed by atoms with van der Waals surface area (Å²) < 4.78 is 37.9. The van der Waals surface area contributed by atoms with E-state index in [9.17, 15) is 13.6 Å². The number of rotatable bonds is 7. The third kappa shape index (κ3) is 5.25. The first kappa shape index (κ1) is 21.3. The molecule has 4 nitrogen and oxygen atoms in total. The van der Waals surface area contributed by atoms with Crippen LogP contribution in [0.3, 0.4) is 0 Å². The Morgan fingerprint density at radius 2 is 1.96 bits per heavy atom. The molecule has 0 saturated heterocycles. The zero-order valence-corrected chi connectivity index (χ0v) is 17.3. The molecule has 0 radical (unpaired) electrons. The number of hydrogen-bond donors (Lipinski definition) is 0. The summed E-state index contributed by atoms with van der Waals surface area (Å²) in [7, 11) is 1.42. The summed E-state index contributed by atoms with van der Waals surface area (Å²) in [5.41, 5.74) is 0.0304. The molecule has 0 N–H and O–H groups in total. The molecule has 0 unspecified atom stereocenters. The fourth-order valence-electron chi connectivity index (χ4n) is 2.83. The number of methoxy groups -OCH3 is 1. The van der Waals surface area contributed by atoms with E-state index in [0.717, 1.165) is 6.42 Å². The lowest BCUT2D eigenvalue weighted by molar-refractivity contribution is -0.00463. The average molecular weight is 442 g/mol. The number of carbonyl (C=O) groups is 1. The molecule has 0 amide bonds. The van der Waals surface area contributed by atoms with Crippen molar-refractivity contribution in [3.63, 3.8) is 0 Å². The van der Waals surface area contributed by atoms with Crippen molar-refractivity contribution in [2.24, 2.45) is 0 Å². The van der Waals surface area contributed by atoms with Gasteiger partial charge in [-0.05, 0) is 44.5 Å². The number of ether oxygens (including phenoxy) is 2. The van der Waals surface area contributed by atoms with Gasteiger partial charge in [-0.25, -0.2) is 13.6 Å². The van der Waals surface area contributed by atoms with E-state index in [1.165, 1.54) is 19.4 Å². The smallest absolute Gasteiger partial charge is 0.339 e. The van der Waals surface area contributed by atoms with Crippen LogP contribution in [0.1, 0.15) is 56.1 Å². The van der Waals surface area contributed by atoms with Crippen molar-refractivity contribution in [2.45, 2.75) is 45.6 Å². The largest absolute Gasteiger partial charge is 0.494 e. The number of benzene rings is 1. The van der Waals surface area contributed by atoms with Gasteiger partial charge in [0.15, 0.2) is 0 Å². The molecule has 2 aromatic rings. The van der Waals surface area contributed by atoms with E-state index in [1.807, 2.05) is 20.8 Å². The Labute approximate surface area is 166 Å². The molecule has 146 valence electrons. The highest BCUT2D eigenvalue weighted by atomic mass is 79.9. The molecule has 27 heavy (non-hydrogen) atoms. The molecule has 0 saturated carbocycles. The summed E-state index contributed by atoms with van der Waals surface area (Å²) in [4.78, 5) is 16.5. The Hall–Kier alpha value is -2.02. The van der Waals surface area contributed by atoms with Crippen LogP contribution >= 0.6 is 15.9 Å². The number of nitrogens with zero attached hydrogens (tertiary/aromatic N) is 1. The summed E-state index contributed by atoms with van der Waals surface area (Å²) in [6, 6.07) is 6.22. The second-order valence-electron chi connectivity index (χ2n) is 6.70. The van der Waals surface area contributed by atoms with Gasteiger partial charge in [0.05, 0.1) is 18.9 Å². The Morgan fingerprint density at radius 1 is 1.26 bits per heavy atom. The topological polar surface area (TPSA) is 48.4 Å². The van der Waals surface area contributed by atoms with Crippen LogP contribution in [0, 0.1) is 0 Å². The number of alkyl halides is 2. The molecule has 0 aliphatic carbocycles. The third-order valence-electron chi connectivity index (χ3n) is 4.04. The molecule has 0 aliphatic rings. The number of pyridine rings is 1. The van der Waals surface area contributed by atoms with E-state index < -0.39 is 23.7 Å². The van der Waals surface area contributed by atoms with Crippen molar-refractivity contribution in [2.75, 3.05) is 7.11 Å². The van der Waals surface area contributed by atoms with Crippen molar-refractivity contribution >= 4 is 21.9 Å². The second-order valence-corrected chi connectivity index (χ2v) is 7.61. The number of hydrogen-bond acceptors (Lipinski definition) is 4. The van der Waals surface area contributed by atoms with E-state index >= 15 is 0 Å². The van der Waals surface area contributed by atoms with Crippen LogP contribution in [-0.2, 0) is 4.74 Å². The van der Waals surface area contributed by atoms with Crippen molar-refractivity contribution < 1.29 is 23.0 Å². The predicted octanol–water partition coefficient (Wildman–Crippen LogP) is 6.19. The highest BCUT2D eigenvalue weighted by molar-refractivity contribution is 9.10. The highest BCUT2D eigenvalue weighted by Gasteiger charge is 2.26. The van der Waals surface area contributed by atoms with Crippen molar-refractivity contribution in [3.8, 4) is 16.9 Å². The molecular weight excluding hydrogens is 420 g/mol. The van der Waals surface area contributed by atoms with Crippen LogP contribution < -0.4 is 4.74 Å². The molecule has 0 bridgehead atoms. The van der Waals surface area contributed by atoms with Crippen molar-refractivity contribution in [1.82, 2.24) is 4.98 Å². The maximum absolute atomic E-state index is 13.1. The summed E-state index contributed by atoms with van der Waals surface area (Å²) in [6.07, 6.45) is 0.0661. The monoisotopic (exact) mass is 441 g/mol. The standard InChI is InChI=1S/C20H22BrF2NO3/c1-5-8-20(2,3)27-19(25)13-7-6-12(21)9-14(13)15-10-16(18(22)23)24-11-17(15)26-4/h6-7,9-11,18H,5,8H2,1-4H3. The minimum Gasteiger partial charge on any atom is -0.494 e. The zero-order chi connectivity index (χ0) is 20.2. The fourth-order valence-corrected chi connectivity index (χ4v) is 3.19. The van der Waals surface area contributed by atoms with Gasteiger partial charge in [0.25, 0.3) is 6.43 Å². The number of esters is 1. The summed E-state index contributed by atoms with van der Waals surface area (Å²) in [5.74, 6) is -0.229. The van der Waals surface area contributed by atoms with E-state index in [1.54, 1.807) is 18.2 Å². The highest BCUT2D eigenvalue weighted by Crippen LogP contribution is 2.36. The number of halogens is 3. The van der Waals surface area contributed by atoms with E-state index in [4.69, 9.17) is 9.47 Å². The summed E-state index contributed by atoms with van der Waals surface area (Å²) >= 11 is 3.37.